The van der Waals surface area contributed by atoms with Crippen molar-refractivity contribution in [2.45, 2.75) is 46.5 Å². The van der Waals surface area contributed by atoms with Gasteiger partial charge in [-0.05, 0) is 32.3 Å². The molecule has 0 atom stereocenters. The van der Waals surface area contributed by atoms with E-state index < -0.39 is 0 Å². The molecular formula is C12H20O. The fourth-order valence-electron chi connectivity index (χ4n) is 1.56. The van der Waals surface area contributed by atoms with Crippen molar-refractivity contribution in [2.24, 2.45) is 0 Å². The van der Waals surface area contributed by atoms with E-state index in [4.69, 9.17) is 4.74 Å². The summed E-state index contributed by atoms with van der Waals surface area (Å²) in [6.07, 6.45) is 6.88. The molecule has 0 unspecified atom stereocenters. The summed E-state index contributed by atoms with van der Waals surface area (Å²) in [6.45, 7) is 7.40. The van der Waals surface area contributed by atoms with Crippen LogP contribution in [0.4, 0.5) is 0 Å². The Labute approximate surface area is 81.5 Å². The Hall–Kier alpha value is -0.720. The second kappa shape index (κ2) is 5.11. The SMILES string of the molecule is CCCCOC1=C(C)C=C(C)CC1. The highest BCUT2D eigenvalue weighted by atomic mass is 16.5. The lowest BCUT2D eigenvalue weighted by atomic mass is 10.00. The summed E-state index contributed by atoms with van der Waals surface area (Å²) in [7, 11) is 0. The minimum atomic E-state index is 0.885. The van der Waals surface area contributed by atoms with E-state index in [0.29, 0.717) is 0 Å². The standard InChI is InChI=1S/C12H20O/c1-4-5-8-13-12-7-6-10(2)9-11(12)3/h9H,4-8H2,1-3H3. The van der Waals surface area contributed by atoms with Gasteiger partial charge in [0.1, 0.15) is 0 Å². The second-order valence-corrected chi connectivity index (χ2v) is 3.80. The zero-order valence-corrected chi connectivity index (χ0v) is 9.02. The van der Waals surface area contributed by atoms with Gasteiger partial charge in [-0.15, -0.1) is 0 Å². The molecule has 1 aliphatic carbocycles. The number of unbranched alkanes of at least 4 members (excludes halogenated alkanes) is 1. The molecule has 1 aliphatic rings. The first-order valence-corrected chi connectivity index (χ1v) is 5.23. The van der Waals surface area contributed by atoms with Gasteiger partial charge < -0.3 is 4.74 Å². The van der Waals surface area contributed by atoms with E-state index in [1.165, 1.54) is 36.2 Å². The normalized spacial score (nSPS) is 17.3. The van der Waals surface area contributed by atoms with E-state index >= 15 is 0 Å². The minimum absolute atomic E-state index is 0.885. The highest BCUT2D eigenvalue weighted by Gasteiger charge is 2.08. The molecule has 74 valence electrons. The van der Waals surface area contributed by atoms with Crippen LogP contribution >= 0.6 is 0 Å². The highest BCUT2D eigenvalue weighted by Crippen LogP contribution is 2.24. The van der Waals surface area contributed by atoms with Gasteiger partial charge in [-0.3, -0.25) is 0 Å². The predicted octanol–water partition coefficient (Wildman–Crippen LogP) is 3.82. The predicted molar refractivity (Wildman–Crippen MR) is 56.6 cm³/mol. The molecule has 0 aromatic carbocycles. The van der Waals surface area contributed by atoms with Gasteiger partial charge in [0.2, 0.25) is 0 Å². The van der Waals surface area contributed by atoms with Crippen molar-refractivity contribution in [3.63, 3.8) is 0 Å². The van der Waals surface area contributed by atoms with Gasteiger partial charge >= 0.3 is 0 Å². The zero-order valence-electron chi connectivity index (χ0n) is 9.02. The molecular weight excluding hydrogens is 160 g/mol. The lowest BCUT2D eigenvalue weighted by molar-refractivity contribution is 0.194. The summed E-state index contributed by atoms with van der Waals surface area (Å²) in [4.78, 5) is 0. The Balaban J connectivity index is 2.44. The smallest absolute Gasteiger partial charge is 0.0991 e. The van der Waals surface area contributed by atoms with Crippen LogP contribution in [0.15, 0.2) is 23.0 Å². The topological polar surface area (TPSA) is 9.23 Å². The van der Waals surface area contributed by atoms with Crippen molar-refractivity contribution in [1.29, 1.82) is 0 Å². The van der Waals surface area contributed by atoms with Crippen LogP contribution in [-0.4, -0.2) is 6.61 Å². The highest BCUT2D eigenvalue weighted by molar-refractivity contribution is 5.28. The summed E-state index contributed by atoms with van der Waals surface area (Å²) >= 11 is 0. The number of ether oxygens (including phenoxy) is 1. The molecule has 13 heavy (non-hydrogen) atoms. The van der Waals surface area contributed by atoms with Crippen LogP contribution in [0.3, 0.4) is 0 Å². The average Bonchev–Trinajstić information content (AvgIpc) is 2.09. The van der Waals surface area contributed by atoms with E-state index in [-0.39, 0.29) is 0 Å². The van der Waals surface area contributed by atoms with Gasteiger partial charge in [0.25, 0.3) is 0 Å². The summed E-state index contributed by atoms with van der Waals surface area (Å²) in [6, 6.07) is 0. The molecule has 1 heteroatoms. The molecule has 0 heterocycles. The van der Waals surface area contributed by atoms with E-state index in [9.17, 15) is 0 Å². The molecule has 0 aromatic heterocycles. The van der Waals surface area contributed by atoms with Crippen molar-refractivity contribution >= 4 is 0 Å². The first-order valence-electron chi connectivity index (χ1n) is 5.23. The van der Waals surface area contributed by atoms with Crippen LogP contribution < -0.4 is 0 Å². The van der Waals surface area contributed by atoms with E-state index in [0.717, 1.165) is 13.0 Å². The maximum atomic E-state index is 5.72. The van der Waals surface area contributed by atoms with Crippen LogP contribution in [0.1, 0.15) is 46.5 Å². The number of rotatable bonds is 4. The van der Waals surface area contributed by atoms with Crippen LogP contribution in [0, 0.1) is 0 Å². The van der Waals surface area contributed by atoms with Gasteiger partial charge in [0.05, 0.1) is 12.4 Å². The van der Waals surface area contributed by atoms with Crippen molar-refractivity contribution in [3.05, 3.63) is 23.0 Å². The third-order valence-corrected chi connectivity index (χ3v) is 2.42. The van der Waals surface area contributed by atoms with Gasteiger partial charge in [0.15, 0.2) is 0 Å². The number of hydrogen-bond acceptors (Lipinski definition) is 1. The summed E-state index contributed by atoms with van der Waals surface area (Å²) in [5.74, 6) is 1.21. The molecule has 0 saturated carbocycles. The largest absolute Gasteiger partial charge is 0.498 e. The Kier molecular flexibility index (Phi) is 4.07. The molecule has 0 N–H and O–H groups in total. The Morgan fingerprint density at radius 2 is 2.08 bits per heavy atom. The molecule has 1 rings (SSSR count). The molecule has 0 bridgehead atoms. The van der Waals surface area contributed by atoms with E-state index in [2.05, 4.69) is 26.8 Å². The molecule has 1 nitrogen and oxygen atoms in total. The van der Waals surface area contributed by atoms with Gasteiger partial charge in [-0.1, -0.05) is 25.0 Å². The zero-order chi connectivity index (χ0) is 9.68. The van der Waals surface area contributed by atoms with Gasteiger partial charge in [0, 0.05) is 6.42 Å². The maximum absolute atomic E-state index is 5.72. The van der Waals surface area contributed by atoms with Crippen LogP contribution in [0.2, 0.25) is 0 Å². The maximum Gasteiger partial charge on any atom is 0.0991 e. The molecule has 0 aromatic rings. The van der Waals surface area contributed by atoms with Crippen molar-refractivity contribution in [2.75, 3.05) is 6.61 Å². The fourth-order valence-corrected chi connectivity index (χ4v) is 1.56. The van der Waals surface area contributed by atoms with Crippen molar-refractivity contribution < 1.29 is 4.74 Å². The Bertz CT molecular complexity index is 223. The van der Waals surface area contributed by atoms with Crippen LogP contribution in [0.5, 0.6) is 0 Å². The molecule has 0 spiro atoms. The summed E-state index contributed by atoms with van der Waals surface area (Å²) < 4.78 is 5.72. The Morgan fingerprint density at radius 1 is 1.31 bits per heavy atom. The van der Waals surface area contributed by atoms with Gasteiger partial charge in [-0.25, -0.2) is 0 Å². The lowest BCUT2D eigenvalue weighted by Crippen LogP contribution is -2.01. The third kappa shape index (κ3) is 3.25. The van der Waals surface area contributed by atoms with Crippen molar-refractivity contribution in [1.82, 2.24) is 0 Å². The monoisotopic (exact) mass is 180 g/mol. The molecule has 0 aliphatic heterocycles. The lowest BCUT2D eigenvalue weighted by Gasteiger charge is -2.17. The summed E-state index contributed by atoms with van der Waals surface area (Å²) in [5.41, 5.74) is 2.79. The molecule has 0 fully saturated rings. The first-order chi connectivity index (χ1) is 6.24. The first kappa shape index (κ1) is 10.4. The molecule has 0 radical (unpaired) electrons. The van der Waals surface area contributed by atoms with Crippen LogP contribution in [-0.2, 0) is 4.74 Å². The molecule has 0 amide bonds. The second-order valence-electron chi connectivity index (χ2n) is 3.80. The average molecular weight is 180 g/mol. The van der Waals surface area contributed by atoms with Crippen LogP contribution in [0.25, 0.3) is 0 Å². The van der Waals surface area contributed by atoms with Crippen molar-refractivity contribution in [3.8, 4) is 0 Å². The Morgan fingerprint density at radius 3 is 2.69 bits per heavy atom. The number of allylic oxidation sites excluding steroid dienone is 4. The fraction of sp³-hybridized carbons (Fsp3) is 0.667. The number of hydrogen-bond donors (Lipinski definition) is 0. The molecule has 0 saturated heterocycles. The minimum Gasteiger partial charge on any atom is -0.498 e. The quantitative estimate of drug-likeness (QED) is 0.598. The third-order valence-electron chi connectivity index (χ3n) is 2.42. The van der Waals surface area contributed by atoms with Gasteiger partial charge in [-0.2, -0.15) is 0 Å². The van der Waals surface area contributed by atoms with E-state index in [1.807, 2.05) is 0 Å². The van der Waals surface area contributed by atoms with E-state index in [1.54, 1.807) is 0 Å². The summed E-state index contributed by atoms with van der Waals surface area (Å²) in [5, 5.41) is 0.